The highest BCUT2D eigenvalue weighted by atomic mass is 19.4. The van der Waals surface area contributed by atoms with Crippen molar-refractivity contribution in [3.8, 4) is 22.4 Å². The first kappa shape index (κ1) is 21.5. The molecular formula is C21H20F3N6O2+. The number of aromatic amines is 1. The first-order valence-corrected chi connectivity index (χ1v) is 9.70. The van der Waals surface area contributed by atoms with Crippen molar-refractivity contribution >= 4 is 11.6 Å². The smallest absolute Gasteiger partial charge is 0.290 e. The summed E-state index contributed by atoms with van der Waals surface area (Å²) in [4.78, 5) is 20.3. The third-order valence-corrected chi connectivity index (χ3v) is 4.81. The molecule has 0 radical (unpaired) electrons. The lowest BCUT2D eigenvalue weighted by atomic mass is 9.99. The van der Waals surface area contributed by atoms with Crippen LogP contribution >= 0.6 is 0 Å². The Labute approximate surface area is 180 Å². The molecule has 0 atom stereocenters. The summed E-state index contributed by atoms with van der Waals surface area (Å²) >= 11 is 0. The predicted octanol–water partition coefficient (Wildman–Crippen LogP) is 2.77. The number of aryl methyl sites for hydroxylation is 2. The van der Waals surface area contributed by atoms with E-state index < -0.39 is 25.2 Å². The molecule has 0 aliphatic carbocycles. The van der Waals surface area contributed by atoms with E-state index in [0.717, 1.165) is 31.6 Å². The van der Waals surface area contributed by atoms with E-state index in [2.05, 4.69) is 19.8 Å². The normalized spacial score (nSPS) is 11.9. The Balaban J connectivity index is 1.97. The molecule has 0 fully saturated rings. The molecule has 0 spiro atoms. The molecule has 0 saturated carbocycles. The van der Waals surface area contributed by atoms with Gasteiger partial charge >= 0.3 is 18.0 Å². The molecule has 0 amide bonds. The summed E-state index contributed by atoms with van der Waals surface area (Å²) in [6.07, 6.45) is -4.80. The molecule has 4 aromatic rings. The van der Waals surface area contributed by atoms with Gasteiger partial charge in [-0.2, -0.15) is 4.68 Å². The maximum atomic E-state index is 12.9. The Morgan fingerprint density at radius 1 is 1.09 bits per heavy atom. The maximum Gasteiger partial charge on any atom is 0.522 e. The number of hydrogen-bond acceptors (Lipinski definition) is 5. The molecule has 0 saturated heterocycles. The highest BCUT2D eigenvalue weighted by Gasteiger charge is 2.30. The number of alkyl halides is 3. The Morgan fingerprint density at radius 3 is 2.38 bits per heavy atom. The van der Waals surface area contributed by atoms with Crippen molar-refractivity contribution in [3.63, 3.8) is 0 Å². The Hall–Kier alpha value is -3.73. The number of ether oxygens (including phenoxy) is 1. The number of anilines is 1. The standard InChI is InChI=1S/C21H19F3N6O2/c1-12-10-15(11-13(2)26-12)16-17(14-6-4-3-5-7-14)27-19(25)30-18(16)28-29(20(30)31)8-9-32-21(22,23)24/h3-7,10-11H,8-9H2,1-2H3,(H2,25,27)/p+1. The van der Waals surface area contributed by atoms with Crippen LogP contribution in [-0.2, 0) is 11.3 Å². The molecule has 3 N–H and O–H groups in total. The number of fused-ring (bicyclic) bond motifs is 1. The quantitative estimate of drug-likeness (QED) is 0.509. The molecule has 0 bridgehead atoms. The Morgan fingerprint density at radius 2 is 1.75 bits per heavy atom. The van der Waals surface area contributed by atoms with Crippen LogP contribution in [0.1, 0.15) is 11.4 Å². The van der Waals surface area contributed by atoms with E-state index >= 15 is 0 Å². The fraction of sp³-hybridized carbons (Fsp3) is 0.238. The summed E-state index contributed by atoms with van der Waals surface area (Å²) < 4.78 is 42.9. The van der Waals surface area contributed by atoms with Crippen LogP contribution in [0.4, 0.5) is 19.1 Å². The summed E-state index contributed by atoms with van der Waals surface area (Å²) in [5, 5.41) is 4.31. The van der Waals surface area contributed by atoms with E-state index in [1.165, 1.54) is 0 Å². The van der Waals surface area contributed by atoms with E-state index in [1.807, 2.05) is 56.3 Å². The lowest BCUT2D eigenvalue weighted by Crippen LogP contribution is -2.29. The highest BCUT2D eigenvalue weighted by Crippen LogP contribution is 2.32. The second-order valence-electron chi connectivity index (χ2n) is 7.22. The molecular weight excluding hydrogens is 425 g/mol. The molecule has 3 heterocycles. The van der Waals surface area contributed by atoms with Crippen LogP contribution < -0.4 is 16.4 Å². The molecule has 0 unspecified atom stereocenters. The minimum atomic E-state index is -4.80. The zero-order valence-electron chi connectivity index (χ0n) is 17.3. The molecule has 0 aliphatic heterocycles. The second-order valence-corrected chi connectivity index (χ2v) is 7.22. The van der Waals surface area contributed by atoms with Crippen molar-refractivity contribution in [1.29, 1.82) is 0 Å². The number of pyridine rings is 1. The van der Waals surface area contributed by atoms with E-state index in [4.69, 9.17) is 5.73 Å². The van der Waals surface area contributed by atoms with Crippen LogP contribution in [0.3, 0.4) is 0 Å². The van der Waals surface area contributed by atoms with Crippen molar-refractivity contribution < 1.29 is 22.9 Å². The van der Waals surface area contributed by atoms with Gasteiger partial charge in [0.15, 0.2) is 0 Å². The number of nitrogens with two attached hydrogens (primary N) is 1. The van der Waals surface area contributed by atoms with Crippen LogP contribution in [0.15, 0.2) is 47.3 Å². The molecule has 1 aromatic carbocycles. The van der Waals surface area contributed by atoms with Crippen molar-refractivity contribution in [2.75, 3.05) is 12.3 Å². The maximum absolute atomic E-state index is 12.9. The van der Waals surface area contributed by atoms with Gasteiger partial charge < -0.3 is 0 Å². The molecule has 8 nitrogen and oxygen atoms in total. The zero-order valence-corrected chi connectivity index (χ0v) is 17.3. The molecule has 0 aliphatic rings. The van der Waals surface area contributed by atoms with E-state index in [9.17, 15) is 18.0 Å². The van der Waals surface area contributed by atoms with Gasteiger partial charge in [0.1, 0.15) is 5.69 Å². The van der Waals surface area contributed by atoms with Crippen LogP contribution in [0.2, 0.25) is 0 Å². The van der Waals surface area contributed by atoms with Crippen molar-refractivity contribution in [2.24, 2.45) is 0 Å². The summed E-state index contributed by atoms with van der Waals surface area (Å²) in [7, 11) is 0. The third kappa shape index (κ3) is 4.19. The van der Waals surface area contributed by atoms with Crippen molar-refractivity contribution in [1.82, 2.24) is 19.2 Å². The number of benzene rings is 1. The van der Waals surface area contributed by atoms with Gasteiger partial charge in [-0.1, -0.05) is 30.3 Å². The molecule has 32 heavy (non-hydrogen) atoms. The molecule has 3 aromatic heterocycles. The zero-order chi connectivity index (χ0) is 23.0. The SMILES string of the molecule is Cc1cc(-c2c(-c3ccccc3)[nH+]c(N)n3c(=O)n(CCOC(F)(F)F)nc23)cc(C)n1. The van der Waals surface area contributed by atoms with Gasteiger partial charge in [0, 0.05) is 17.0 Å². The van der Waals surface area contributed by atoms with Gasteiger partial charge in [-0.15, -0.1) is 22.7 Å². The van der Waals surface area contributed by atoms with Gasteiger partial charge in [0.2, 0.25) is 5.65 Å². The number of nitrogens with zero attached hydrogens (tertiary/aromatic N) is 4. The van der Waals surface area contributed by atoms with Crippen LogP contribution in [0.25, 0.3) is 28.0 Å². The van der Waals surface area contributed by atoms with Gasteiger partial charge in [0.25, 0.3) is 0 Å². The summed E-state index contributed by atoms with van der Waals surface area (Å²) in [5.41, 5.74) is 9.92. The lowest BCUT2D eigenvalue weighted by molar-refractivity contribution is -0.351. The first-order chi connectivity index (χ1) is 15.1. The van der Waals surface area contributed by atoms with Crippen LogP contribution in [0.5, 0.6) is 0 Å². The topological polar surface area (TPSA) is 102 Å². The fourth-order valence-corrected chi connectivity index (χ4v) is 3.61. The van der Waals surface area contributed by atoms with E-state index in [-0.39, 0.29) is 11.6 Å². The van der Waals surface area contributed by atoms with Crippen LogP contribution in [0, 0.1) is 13.8 Å². The predicted molar refractivity (Wildman–Crippen MR) is 111 cm³/mol. The summed E-state index contributed by atoms with van der Waals surface area (Å²) in [6.45, 7) is 2.53. The van der Waals surface area contributed by atoms with Crippen molar-refractivity contribution in [3.05, 3.63) is 64.3 Å². The summed E-state index contributed by atoms with van der Waals surface area (Å²) in [6, 6.07) is 13.0. The number of aromatic nitrogens is 5. The third-order valence-electron chi connectivity index (χ3n) is 4.81. The number of halogens is 3. The number of hydrogen-bond donors (Lipinski definition) is 1. The average Bonchev–Trinajstić information content (AvgIpc) is 3.03. The van der Waals surface area contributed by atoms with Gasteiger partial charge in [-0.25, -0.2) is 9.78 Å². The minimum absolute atomic E-state index is 0.00177. The average molecular weight is 445 g/mol. The van der Waals surface area contributed by atoms with Crippen molar-refractivity contribution in [2.45, 2.75) is 26.8 Å². The monoisotopic (exact) mass is 445 g/mol. The van der Waals surface area contributed by atoms with Gasteiger partial charge in [-0.3, -0.25) is 15.5 Å². The first-order valence-electron chi connectivity index (χ1n) is 9.70. The lowest BCUT2D eigenvalue weighted by Gasteiger charge is -2.10. The number of rotatable bonds is 5. The number of H-pyrrole nitrogens is 1. The molecule has 11 heteroatoms. The number of nitrogens with one attached hydrogen (secondary N) is 1. The second kappa shape index (κ2) is 8.08. The van der Waals surface area contributed by atoms with Crippen LogP contribution in [-0.4, -0.2) is 32.1 Å². The fourth-order valence-electron chi connectivity index (χ4n) is 3.61. The van der Waals surface area contributed by atoms with E-state index in [1.54, 1.807) is 0 Å². The summed E-state index contributed by atoms with van der Waals surface area (Å²) in [5.74, 6) is -0.00177. The molecule has 4 rings (SSSR count). The highest BCUT2D eigenvalue weighted by molar-refractivity contribution is 5.88. The Bertz CT molecular complexity index is 1330. The minimum Gasteiger partial charge on any atom is -0.290 e. The largest absolute Gasteiger partial charge is 0.522 e. The Kier molecular flexibility index (Phi) is 5.43. The number of nitrogen functional groups attached to an aromatic ring is 1. The van der Waals surface area contributed by atoms with Gasteiger partial charge in [-0.05, 0) is 31.5 Å². The molecule has 166 valence electrons. The van der Waals surface area contributed by atoms with E-state index in [0.29, 0.717) is 11.3 Å². The van der Waals surface area contributed by atoms with Gasteiger partial charge in [0.05, 0.1) is 18.7 Å².